The monoisotopic (exact) mass is 416 g/mol. The van der Waals surface area contributed by atoms with Crippen molar-refractivity contribution in [3.63, 3.8) is 0 Å². The van der Waals surface area contributed by atoms with Crippen LogP contribution in [0.1, 0.15) is 40.6 Å². The second-order valence-corrected chi connectivity index (χ2v) is 8.43. The maximum atomic E-state index is 13.1. The van der Waals surface area contributed by atoms with Crippen LogP contribution in [-0.2, 0) is 12.8 Å². The highest BCUT2D eigenvalue weighted by molar-refractivity contribution is 6.30. The van der Waals surface area contributed by atoms with Crippen molar-refractivity contribution in [1.29, 1.82) is 0 Å². The molecule has 2 aromatic heterocycles. The summed E-state index contributed by atoms with van der Waals surface area (Å²) >= 11 is 5.96. The minimum atomic E-state index is -0.263. The van der Waals surface area contributed by atoms with Crippen LogP contribution in [0.3, 0.4) is 0 Å². The molecule has 0 spiro atoms. The Kier molecular flexibility index (Phi) is 4.59. The molecule has 4 nitrogen and oxygen atoms in total. The Labute approximate surface area is 179 Å². The molecule has 30 heavy (non-hydrogen) atoms. The maximum Gasteiger partial charge on any atom is 0.230 e. The summed E-state index contributed by atoms with van der Waals surface area (Å²) in [6, 6.07) is 16.8. The molecule has 1 aliphatic rings. The van der Waals surface area contributed by atoms with Gasteiger partial charge in [-0.3, -0.25) is 4.79 Å². The fourth-order valence-electron chi connectivity index (χ4n) is 4.34. The quantitative estimate of drug-likeness (QED) is 0.410. The Morgan fingerprint density at radius 2 is 1.83 bits per heavy atom. The molecule has 1 atom stereocenters. The fourth-order valence-corrected chi connectivity index (χ4v) is 4.46. The van der Waals surface area contributed by atoms with E-state index in [4.69, 9.17) is 26.7 Å². The van der Waals surface area contributed by atoms with Crippen LogP contribution in [0.15, 0.2) is 59.0 Å². The predicted octanol–water partition coefficient (Wildman–Crippen LogP) is 6.09. The third kappa shape index (κ3) is 3.08. The van der Waals surface area contributed by atoms with Gasteiger partial charge in [0.05, 0.1) is 16.8 Å². The third-order valence-electron chi connectivity index (χ3n) is 5.89. The molecule has 1 aliphatic carbocycles. The standard InChI is InChI=1S/C25H21ClN2O2/c1-14-7-12-18-19(13-14)20-21(27)24(23(29)16-8-10-17(26)11-9-16)30-25(20)28-22(18)15-5-3-2-4-6-15/h2-6,8-11,14H,7,12-13,27H2,1H3/t14-/m1/s1. The number of halogens is 1. The number of furan rings is 1. The van der Waals surface area contributed by atoms with Gasteiger partial charge in [-0.15, -0.1) is 0 Å². The lowest BCUT2D eigenvalue weighted by molar-refractivity contribution is 0.101. The van der Waals surface area contributed by atoms with E-state index in [1.807, 2.05) is 18.2 Å². The van der Waals surface area contributed by atoms with Crippen molar-refractivity contribution in [2.45, 2.75) is 26.2 Å². The number of ketones is 1. The van der Waals surface area contributed by atoms with Crippen molar-refractivity contribution in [2.24, 2.45) is 5.92 Å². The average molecular weight is 417 g/mol. The molecule has 5 rings (SSSR count). The molecule has 2 aromatic carbocycles. The van der Waals surface area contributed by atoms with Crippen LogP contribution >= 0.6 is 11.6 Å². The molecule has 4 aromatic rings. The molecular formula is C25H21ClN2O2. The topological polar surface area (TPSA) is 69.1 Å². The summed E-state index contributed by atoms with van der Waals surface area (Å²) in [6.45, 7) is 2.24. The first kappa shape index (κ1) is 18.9. The number of nitrogen functional groups attached to an aromatic ring is 1. The Hall–Kier alpha value is -3.11. The van der Waals surface area contributed by atoms with E-state index < -0.39 is 0 Å². The van der Waals surface area contributed by atoms with Crippen LogP contribution < -0.4 is 5.73 Å². The Bertz CT molecular complexity index is 1260. The Morgan fingerprint density at radius 1 is 1.10 bits per heavy atom. The van der Waals surface area contributed by atoms with Crippen LogP contribution in [0.25, 0.3) is 22.4 Å². The highest BCUT2D eigenvalue weighted by atomic mass is 35.5. The van der Waals surface area contributed by atoms with Crippen LogP contribution in [0, 0.1) is 5.92 Å². The van der Waals surface area contributed by atoms with Crippen LogP contribution in [0.5, 0.6) is 0 Å². The Balaban J connectivity index is 1.73. The zero-order valence-electron chi connectivity index (χ0n) is 16.6. The van der Waals surface area contributed by atoms with Gasteiger partial charge < -0.3 is 10.2 Å². The van der Waals surface area contributed by atoms with E-state index in [0.29, 0.717) is 27.9 Å². The predicted molar refractivity (Wildman–Crippen MR) is 120 cm³/mol. The number of pyridine rings is 1. The third-order valence-corrected chi connectivity index (χ3v) is 6.14. The fraction of sp³-hybridized carbons (Fsp3) is 0.200. The lowest BCUT2D eigenvalue weighted by Crippen LogP contribution is -2.14. The number of anilines is 1. The summed E-state index contributed by atoms with van der Waals surface area (Å²) in [4.78, 5) is 17.9. The summed E-state index contributed by atoms with van der Waals surface area (Å²) in [5, 5.41) is 1.36. The van der Waals surface area contributed by atoms with E-state index in [1.54, 1.807) is 24.3 Å². The number of rotatable bonds is 3. The van der Waals surface area contributed by atoms with E-state index in [-0.39, 0.29) is 11.5 Å². The molecule has 0 unspecified atom stereocenters. The van der Waals surface area contributed by atoms with E-state index in [1.165, 1.54) is 5.56 Å². The van der Waals surface area contributed by atoms with Crippen molar-refractivity contribution in [3.8, 4) is 11.3 Å². The molecule has 150 valence electrons. The number of hydrogen-bond donors (Lipinski definition) is 1. The van der Waals surface area contributed by atoms with Crippen molar-refractivity contribution in [2.75, 3.05) is 5.73 Å². The van der Waals surface area contributed by atoms with E-state index in [9.17, 15) is 4.79 Å². The van der Waals surface area contributed by atoms with Gasteiger partial charge in [-0.25, -0.2) is 4.98 Å². The molecule has 0 fully saturated rings. The lowest BCUT2D eigenvalue weighted by Gasteiger charge is -2.24. The van der Waals surface area contributed by atoms with E-state index in [0.717, 1.165) is 41.5 Å². The number of aromatic nitrogens is 1. The van der Waals surface area contributed by atoms with Crippen molar-refractivity contribution >= 4 is 34.2 Å². The number of hydrogen-bond acceptors (Lipinski definition) is 4. The first-order valence-corrected chi connectivity index (χ1v) is 10.5. The Morgan fingerprint density at radius 3 is 2.57 bits per heavy atom. The maximum absolute atomic E-state index is 13.1. The number of carbonyl (C=O) groups is 1. The van der Waals surface area contributed by atoms with Crippen molar-refractivity contribution < 1.29 is 9.21 Å². The van der Waals surface area contributed by atoms with E-state index >= 15 is 0 Å². The molecule has 0 radical (unpaired) electrons. The first-order valence-electron chi connectivity index (χ1n) is 10.1. The van der Waals surface area contributed by atoms with Gasteiger partial charge in [0, 0.05) is 16.1 Å². The number of fused-ring (bicyclic) bond motifs is 3. The normalized spacial score (nSPS) is 15.9. The molecule has 0 amide bonds. The molecule has 2 N–H and O–H groups in total. The first-order chi connectivity index (χ1) is 14.5. The van der Waals surface area contributed by atoms with Gasteiger partial charge in [0.1, 0.15) is 0 Å². The van der Waals surface area contributed by atoms with Crippen molar-refractivity contribution in [3.05, 3.63) is 82.1 Å². The molecule has 5 heteroatoms. The summed E-state index contributed by atoms with van der Waals surface area (Å²) in [7, 11) is 0. The number of carbonyl (C=O) groups excluding carboxylic acids is 1. The highest BCUT2D eigenvalue weighted by Crippen LogP contribution is 2.41. The summed E-state index contributed by atoms with van der Waals surface area (Å²) in [6.07, 6.45) is 2.94. The largest absolute Gasteiger partial charge is 0.432 e. The lowest BCUT2D eigenvalue weighted by atomic mass is 9.81. The van der Waals surface area contributed by atoms with Gasteiger partial charge >= 0.3 is 0 Å². The SMILES string of the molecule is C[C@@H]1CCc2c(-c3ccccc3)nc3oc(C(=O)c4ccc(Cl)cc4)c(N)c3c2C1. The van der Waals surface area contributed by atoms with Crippen LogP contribution in [-0.4, -0.2) is 10.8 Å². The second-order valence-electron chi connectivity index (χ2n) is 7.99. The summed E-state index contributed by atoms with van der Waals surface area (Å²) in [5.41, 5.74) is 12.1. The minimum absolute atomic E-state index is 0.144. The van der Waals surface area contributed by atoms with Crippen molar-refractivity contribution in [1.82, 2.24) is 4.98 Å². The zero-order valence-corrected chi connectivity index (χ0v) is 17.4. The minimum Gasteiger partial charge on any atom is -0.432 e. The molecular weight excluding hydrogens is 396 g/mol. The molecule has 0 bridgehead atoms. The smallest absolute Gasteiger partial charge is 0.230 e. The van der Waals surface area contributed by atoms with E-state index in [2.05, 4.69) is 19.1 Å². The second kappa shape index (κ2) is 7.29. The average Bonchev–Trinajstić information content (AvgIpc) is 3.10. The summed E-state index contributed by atoms with van der Waals surface area (Å²) < 4.78 is 5.99. The number of nitrogens with two attached hydrogens (primary N) is 1. The van der Waals surface area contributed by atoms with Gasteiger partial charge in [0.15, 0.2) is 0 Å². The number of nitrogens with zero attached hydrogens (tertiary/aromatic N) is 1. The molecule has 0 saturated carbocycles. The number of benzene rings is 2. The molecule has 0 aliphatic heterocycles. The molecule has 0 saturated heterocycles. The van der Waals surface area contributed by atoms with Crippen LogP contribution in [0.4, 0.5) is 5.69 Å². The van der Waals surface area contributed by atoms with Gasteiger partial charge in [-0.1, -0.05) is 48.9 Å². The van der Waals surface area contributed by atoms with Gasteiger partial charge in [0.2, 0.25) is 17.3 Å². The van der Waals surface area contributed by atoms with Gasteiger partial charge in [0.25, 0.3) is 0 Å². The zero-order chi connectivity index (χ0) is 20.8. The van der Waals surface area contributed by atoms with Gasteiger partial charge in [-0.2, -0.15) is 0 Å². The summed E-state index contributed by atoms with van der Waals surface area (Å²) in [5.74, 6) is 0.419. The van der Waals surface area contributed by atoms with Crippen LogP contribution in [0.2, 0.25) is 5.02 Å². The van der Waals surface area contributed by atoms with Gasteiger partial charge in [-0.05, 0) is 60.6 Å². The molecule has 2 heterocycles. The highest BCUT2D eigenvalue weighted by Gasteiger charge is 2.29.